The van der Waals surface area contributed by atoms with Crippen molar-refractivity contribution in [1.82, 2.24) is 0 Å². The summed E-state index contributed by atoms with van der Waals surface area (Å²) in [4.78, 5) is 14.5. The minimum absolute atomic E-state index is 0.147. The van der Waals surface area contributed by atoms with E-state index in [4.69, 9.17) is 11.6 Å². The van der Waals surface area contributed by atoms with Gasteiger partial charge in [-0.05, 0) is 49.2 Å². The highest BCUT2D eigenvalue weighted by atomic mass is 79.9. The first kappa shape index (κ1) is 15.4. The van der Waals surface area contributed by atoms with E-state index in [-0.39, 0.29) is 5.91 Å². The van der Waals surface area contributed by atoms with Gasteiger partial charge in [0.1, 0.15) is 0 Å². The molecule has 2 aromatic rings. The highest BCUT2D eigenvalue weighted by Gasteiger charge is 2.16. The van der Waals surface area contributed by atoms with Gasteiger partial charge in [0.05, 0.1) is 10.7 Å². The molecule has 22 heavy (non-hydrogen) atoms. The SMILES string of the molecule is O=C(Nc1ccc(N2CCCC2)c(Cl)c1)c1cccc(Br)c1. The Balaban J connectivity index is 1.75. The first-order valence-corrected chi connectivity index (χ1v) is 8.42. The van der Waals surface area contributed by atoms with Crippen molar-refractivity contribution in [1.29, 1.82) is 0 Å². The van der Waals surface area contributed by atoms with Crippen LogP contribution in [0.4, 0.5) is 11.4 Å². The van der Waals surface area contributed by atoms with E-state index in [0.717, 1.165) is 23.2 Å². The van der Waals surface area contributed by atoms with Crippen LogP contribution in [0.25, 0.3) is 0 Å². The van der Waals surface area contributed by atoms with Crippen LogP contribution in [-0.2, 0) is 0 Å². The summed E-state index contributed by atoms with van der Waals surface area (Å²) in [6.45, 7) is 2.09. The molecule has 5 heteroatoms. The summed E-state index contributed by atoms with van der Waals surface area (Å²) in [6, 6.07) is 13.0. The normalized spacial score (nSPS) is 14.2. The lowest BCUT2D eigenvalue weighted by atomic mass is 10.2. The van der Waals surface area contributed by atoms with Gasteiger partial charge < -0.3 is 10.2 Å². The number of rotatable bonds is 3. The number of carbonyl (C=O) groups is 1. The van der Waals surface area contributed by atoms with Gasteiger partial charge in [-0.15, -0.1) is 0 Å². The minimum atomic E-state index is -0.147. The molecule has 114 valence electrons. The lowest BCUT2D eigenvalue weighted by Crippen LogP contribution is -2.18. The van der Waals surface area contributed by atoms with Gasteiger partial charge in [0, 0.05) is 28.8 Å². The van der Waals surface area contributed by atoms with E-state index >= 15 is 0 Å². The van der Waals surface area contributed by atoms with Crippen LogP contribution in [0.5, 0.6) is 0 Å². The van der Waals surface area contributed by atoms with Crippen LogP contribution in [0.3, 0.4) is 0 Å². The van der Waals surface area contributed by atoms with Gasteiger partial charge >= 0.3 is 0 Å². The molecule has 0 radical (unpaired) electrons. The highest BCUT2D eigenvalue weighted by Crippen LogP contribution is 2.31. The summed E-state index contributed by atoms with van der Waals surface area (Å²) in [5, 5.41) is 3.56. The molecule has 2 aromatic carbocycles. The fourth-order valence-electron chi connectivity index (χ4n) is 2.63. The predicted octanol–water partition coefficient (Wildman–Crippen LogP) is 4.96. The topological polar surface area (TPSA) is 32.3 Å². The number of halogens is 2. The second-order valence-electron chi connectivity index (χ2n) is 5.32. The quantitative estimate of drug-likeness (QED) is 0.818. The summed E-state index contributed by atoms with van der Waals surface area (Å²) < 4.78 is 0.877. The summed E-state index contributed by atoms with van der Waals surface area (Å²) in [5.41, 5.74) is 2.35. The van der Waals surface area contributed by atoms with Crippen molar-refractivity contribution in [2.24, 2.45) is 0 Å². The maximum Gasteiger partial charge on any atom is 0.255 e. The number of benzene rings is 2. The van der Waals surface area contributed by atoms with Crippen LogP contribution in [0.2, 0.25) is 5.02 Å². The third kappa shape index (κ3) is 3.45. The second kappa shape index (κ2) is 6.71. The number of hydrogen-bond acceptors (Lipinski definition) is 2. The van der Waals surface area contributed by atoms with Crippen molar-refractivity contribution in [3.05, 3.63) is 57.5 Å². The molecule has 0 saturated carbocycles. The van der Waals surface area contributed by atoms with Crippen molar-refractivity contribution in [3.63, 3.8) is 0 Å². The second-order valence-corrected chi connectivity index (χ2v) is 6.65. The van der Waals surface area contributed by atoms with E-state index in [1.165, 1.54) is 12.8 Å². The molecule has 1 N–H and O–H groups in total. The lowest BCUT2D eigenvalue weighted by Gasteiger charge is -2.19. The predicted molar refractivity (Wildman–Crippen MR) is 95.0 cm³/mol. The number of nitrogens with one attached hydrogen (secondary N) is 1. The smallest absolute Gasteiger partial charge is 0.255 e. The highest BCUT2D eigenvalue weighted by molar-refractivity contribution is 9.10. The average molecular weight is 380 g/mol. The summed E-state index contributed by atoms with van der Waals surface area (Å²) in [7, 11) is 0. The Kier molecular flexibility index (Phi) is 4.69. The molecule has 1 aliphatic heterocycles. The molecule has 1 aliphatic rings. The third-order valence-electron chi connectivity index (χ3n) is 3.74. The fraction of sp³-hybridized carbons (Fsp3) is 0.235. The van der Waals surface area contributed by atoms with Gasteiger partial charge in [-0.2, -0.15) is 0 Å². The standard InChI is InChI=1S/C17H16BrClN2O/c18-13-5-3-4-12(10-13)17(22)20-14-6-7-16(15(19)11-14)21-8-1-2-9-21/h3-7,10-11H,1-2,8-9H2,(H,20,22). The van der Waals surface area contributed by atoms with Crippen molar-refractivity contribution in [2.45, 2.75) is 12.8 Å². The zero-order chi connectivity index (χ0) is 15.5. The molecule has 0 atom stereocenters. The molecule has 0 unspecified atom stereocenters. The Hall–Kier alpha value is -1.52. The van der Waals surface area contributed by atoms with Gasteiger partial charge in [-0.25, -0.2) is 0 Å². The zero-order valence-corrected chi connectivity index (χ0v) is 14.3. The molecule has 0 aromatic heterocycles. The Morgan fingerprint density at radius 3 is 2.59 bits per heavy atom. The van der Waals surface area contributed by atoms with Crippen molar-refractivity contribution < 1.29 is 4.79 Å². The Morgan fingerprint density at radius 1 is 1.14 bits per heavy atom. The zero-order valence-electron chi connectivity index (χ0n) is 12.0. The minimum Gasteiger partial charge on any atom is -0.370 e. The lowest BCUT2D eigenvalue weighted by molar-refractivity contribution is 0.102. The van der Waals surface area contributed by atoms with E-state index < -0.39 is 0 Å². The van der Waals surface area contributed by atoms with Crippen LogP contribution in [0.15, 0.2) is 46.9 Å². The monoisotopic (exact) mass is 378 g/mol. The van der Waals surface area contributed by atoms with E-state index in [9.17, 15) is 4.79 Å². The average Bonchev–Trinajstić information content (AvgIpc) is 3.01. The fourth-order valence-corrected chi connectivity index (χ4v) is 3.33. The molecule has 1 saturated heterocycles. The summed E-state index contributed by atoms with van der Waals surface area (Å²) >= 11 is 9.73. The molecule has 1 fully saturated rings. The Bertz CT molecular complexity index is 699. The molecule has 0 aliphatic carbocycles. The molecule has 1 amide bonds. The number of hydrogen-bond donors (Lipinski definition) is 1. The molecule has 0 spiro atoms. The van der Waals surface area contributed by atoms with Crippen LogP contribution < -0.4 is 10.2 Å². The van der Waals surface area contributed by atoms with Gasteiger partial charge in [0.2, 0.25) is 0 Å². The third-order valence-corrected chi connectivity index (χ3v) is 4.54. The van der Waals surface area contributed by atoms with Gasteiger partial charge in [0.15, 0.2) is 0 Å². The number of carbonyl (C=O) groups excluding carboxylic acids is 1. The summed E-state index contributed by atoms with van der Waals surface area (Å²) in [6.07, 6.45) is 2.41. The van der Waals surface area contributed by atoms with E-state index in [0.29, 0.717) is 16.3 Å². The molecular weight excluding hydrogens is 364 g/mol. The Morgan fingerprint density at radius 2 is 1.91 bits per heavy atom. The molecular formula is C17H16BrClN2O. The number of anilines is 2. The first-order valence-electron chi connectivity index (χ1n) is 7.25. The van der Waals surface area contributed by atoms with Crippen LogP contribution in [-0.4, -0.2) is 19.0 Å². The van der Waals surface area contributed by atoms with Gasteiger partial charge in [-0.3, -0.25) is 4.79 Å². The van der Waals surface area contributed by atoms with Crippen LogP contribution >= 0.6 is 27.5 Å². The van der Waals surface area contributed by atoms with Crippen molar-refractivity contribution in [3.8, 4) is 0 Å². The van der Waals surface area contributed by atoms with Gasteiger partial charge in [-0.1, -0.05) is 33.6 Å². The van der Waals surface area contributed by atoms with Crippen LogP contribution in [0, 0.1) is 0 Å². The summed E-state index contributed by atoms with van der Waals surface area (Å²) in [5.74, 6) is -0.147. The molecule has 1 heterocycles. The largest absolute Gasteiger partial charge is 0.370 e. The Labute approximate surface area is 143 Å². The first-order chi connectivity index (χ1) is 10.6. The maximum atomic E-state index is 12.2. The molecule has 3 nitrogen and oxygen atoms in total. The molecule has 0 bridgehead atoms. The van der Waals surface area contributed by atoms with E-state index in [1.54, 1.807) is 12.1 Å². The van der Waals surface area contributed by atoms with E-state index in [1.807, 2.05) is 30.3 Å². The maximum absolute atomic E-state index is 12.2. The number of amides is 1. The van der Waals surface area contributed by atoms with Crippen molar-refractivity contribution in [2.75, 3.05) is 23.3 Å². The van der Waals surface area contributed by atoms with Crippen LogP contribution in [0.1, 0.15) is 23.2 Å². The number of nitrogens with zero attached hydrogens (tertiary/aromatic N) is 1. The van der Waals surface area contributed by atoms with E-state index in [2.05, 4.69) is 26.1 Å². The van der Waals surface area contributed by atoms with Crippen molar-refractivity contribution >= 4 is 44.8 Å². The van der Waals surface area contributed by atoms with Gasteiger partial charge in [0.25, 0.3) is 5.91 Å². The molecule has 3 rings (SSSR count).